The van der Waals surface area contributed by atoms with Gasteiger partial charge in [-0.1, -0.05) is 129 Å². The van der Waals surface area contributed by atoms with Crippen molar-refractivity contribution < 1.29 is 15.0 Å². The van der Waals surface area contributed by atoms with E-state index >= 15 is 0 Å². The standard InChI is InChI=1S/C31H61NO3/c1-3-5-7-9-11-13-14-15-16-17-19-20-22-24-26-30(34)29(28-33)32-31(35)27-25-23-21-18-12-10-8-6-4-2/h17,19,29-30,33-34H,3-16,18,20-28H2,1-2H3,(H,32,35)/b19-17+/t29-,30+/m0/s1. The molecule has 0 saturated carbocycles. The van der Waals surface area contributed by atoms with Crippen LogP contribution in [0.1, 0.15) is 162 Å². The molecule has 1 amide bonds. The Balaban J connectivity index is 3.64. The van der Waals surface area contributed by atoms with Crippen LogP contribution in [0.5, 0.6) is 0 Å². The van der Waals surface area contributed by atoms with Gasteiger partial charge < -0.3 is 15.5 Å². The minimum Gasteiger partial charge on any atom is -0.394 e. The number of unbranched alkanes of at least 4 members (excludes halogenated alkanes) is 18. The number of rotatable bonds is 27. The van der Waals surface area contributed by atoms with Gasteiger partial charge in [-0.2, -0.15) is 0 Å². The SMILES string of the molecule is CCCCCCCCCC/C=C/CCCC[C@@H](O)[C@H](CO)NC(=O)CCCCCCCCCCC. The molecule has 0 aliphatic heterocycles. The van der Waals surface area contributed by atoms with Crippen LogP contribution >= 0.6 is 0 Å². The highest BCUT2D eigenvalue weighted by Gasteiger charge is 2.19. The van der Waals surface area contributed by atoms with Crippen LogP contribution in [0.25, 0.3) is 0 Å². The number of allylic oxidation sites excluding steroid dienone is 2. The van der Waals surface area contributed by atoms with Gasteiger partial charge in [0.05, 0.1) is 18.8 Å². The van der Waals surface area contributed by atoms with E-state index in [0.29, 0.717) is 12.8 Å². The van der Waals surface area contributed by atoms with E-state index in [1.807, 2.05) is 0 Å². The van der Waals surface area contributed by atoms with Crippen LogP contribution in [-0.2, 0) is 4.79 Å². The summed E-state index contributed by atoms with van der Waals surface area (Å²) in [6.45, 7) is 4.30. The zero-order valence-electron chi connectivity index (χ0n) is 23.6. The van der Waals surface area contributed by atoms with Crippen LogP contribution in [-0.4, -0.2) is 34.9 Å². The first-order valence-electron chi connectivity index (χ1n) is 15.4. The Morgan fingerprint density at radius 1 is 0.657 bits per heavy atom. The monoisotopic (exact) mass is 495 g/mol. The highest BCUT2D eigenvalue weighted by molar-refractivity contribution is 5.76. The normalized spacial score (nSPS) is 13.4. The van der Waals surface area contributed by atoms with Gasteiger partial charge >= 0.3 is 0 Å². The lowest BCUT2D eigenvalue weighted by Gasteiger charge is -2.22. The zero-order valence-corrected chi connectivity index (χ0v) is 23.6. The Labute approximate surface area is 218 Å². The van der Waals surface area contributed by atoms with Gasteiger partial charge in [0.1, 0.15) is 0 Å². The molecule has 3 N–H and O–H groups in total. The van der Waals surface area contributed by atoms with Gasteiger partial charge in [0.15, 0.2) is 0 Å². The summed E-state index contributed by atoms with van der Waals surface area (Å²) in [4.78, 5) is 12.2. The molecule has 0 aliphatic carbocycles. The number of amides is 1. The van der Waals surface area contributed by atoms with Gasteiger partial charge in [0.2, 0.25) is 5.91 Å². The molecule has 0 aromatic heterocycles. The molecule has 0 fully saturated rings. The molecular weight excluding hydrogens is 434 g/mol. The maximum atomic E-state index is 12.2. The number of aliphatic hydroxyl groups is 2. The fourth-order valence-corrected chi connectivity index (χ4v) is 4.59. The molecular formula is C31H61NO3. The molecule has 4 heteroatoms. The molecule has 0 aromatic rings. The molecule has 0 saturated heterocycles. The number of carbonyl (C=O) groups is 1. The van der Waals surface area contributed by atoms with Crippen LogP contribution < -0.4 is 5.32 Å². The van der Waals surface area contributed by atoms with E-state index in [4.69, 9.17) is 0 Å². The topological polar surface area (TPSA) is 69.6 Å². The Morgan fingerprint density at radius 3 is 1.57 bits per heavy atom. The quantitative estimate of drug-likeness (QED) is 0.0791. The zero-order chi connectivity index (χ0) is 25.8. The second-order valence-electron chi connectivity index (χ2n) is 10.5. The molecule has 208 valence electrons. The first kappa shape index (κ1) is 34.1. The minimum atomic E-state index is -0.673. The first-order chi connectivity index (χ1) is 17.2. The lowest BCUT2D eigenvalue weighted by atomic mass is 10.0. The summed E-state index contributed by atoms with van der Waals surface area (Å²) in [6.07, 6.45) is 31.1. The van der Waals surface area contributed by atoms with Crippen molar-refractivity contribution >= 4 is 5.91 Å². The van der Waals surface area contributed by atoms with Crippen molar-refractivity contribution in [2.75, 3.05) is 6.61 Å². The van der Waals surface area contributed by atoms with Crippen molar-refractivity contribution in [3.8, 4) is 0 Å². The Morgan fingerprint density at radius 2 is 1.09 bits per heavy atom. The Hall–Kier alpha value is -0.870. The number of hydrogen-bond acceptors (Lipinski definition) is 3. The summed E-state index contributed by atoms with van der Waals surface area (Å²) in [7, 11) is 0. The van der Waals surface area contributed by atoms with E-state index in [0.717, 1.165) is 32.1 Å². The average molecular weight is 496 g/mol. The van der Waals surface area contributed by atoms with Gasteiger partial charge in [0, 0.05) is 6.42 Å². The highest BCUT2D eigenvalue weighted by atomic mass is 16.3. The molecule has 4 nitrogen and oxygen atoms in total. The first-order valence-corrected chi connectivity index (χ1v) is 15.4. The average Bonchev–Trinajstić information content (AvgIpc) is 2.86. The molecule has 0 aliphatic rings. The third kappa shape index (κ3) is 24.6. The molecule has 2 atom stereocenters. The summed E-state index contributed by atoms with van der Waals surface area (Å²) >= 11 is 0. The molecule has 0 unspecified atom stereocenters. The predicted molar refractivity (Wildman–Crippen MR) is 152 cm³/mol. The van der Waals surface area contributed by atoms with Crippen LogP contribution in [0.2, 0.25) is 0 Å². The highest BCUT2D eigenvalue weighted by Crippen LogP contribution is 2.13. The van der Waals surface area contributed by atoms with Crippen molar-refractivity contribution in [1.82, 2.24) is 5.32 Å². The van der Waals surface area contributed by atoms with E-state index in [1.54, 1.807) is 0 Å². The maximum Gasteiger partial charge on any atom is 0.220 e. The third-order valence-corrected chi connectivity index (χ3v) is 7.03. The molecule has 0 aromatic carbocycles. The van der Waals surface area contributed by atoms with E-state index in [9.17, 15) is 15.0 Å². The van der Waals surface area contributed by atoms with Crippen molar-refractivity contribution in [2.24, 2.45) is 0 Å². The van der Waals surface area contributed by atoms with Crippen LogP contribution in [0.4, 0.5) is 0 Å². The largest absolute Gasteiger partial charge is 0.394 e. The van der Waals surface area contributed by atoms with Crippen molar-refractivity contribution in [3.63, 3.8) is 0 Å². The van der Waals surface area contributed by atoms with Crippen molar-refractivity contribution in [2.45, 2.75) is 174 Å². The van der Waals surface area contributed by atoms with Crippen LogP contribution in [0, 0.1) is 0 Å². The summed E-state index contributed by atoms with van der Waals surface area (Å²) in [5.41, 5.74) is 0. The summed E-state index contributed by atoms with van der Waals surface area (Å²) in [5, 5.41) is 22.8. The fraction of sp³-hybridized carbons (Fsp3) is 0.903. The van der Waals surface area contributed by atoms with E-state index < -0.39 is 12.1 Å². The number of hydrogen-bond donors (Lipinski definition) is 3. The molecule has 0 rings (SSSR count). The summed E-state index contributed by atoms with van der Waals surface area (Å²) < 4.78 is 0. The van der Waals surface area contributed by atoms with E-state index in [-0.39, 0.29) is 12.5 Å². The number of carbonyl (C=O) groups excluding carboxylic acids is 1. The van der Waals surface area contributed by atoms with Gasteiger partial charge in [0.25, 0.3) is 0 Å². The lowest BCUT2D eigenvalue weighted by molar-refractivity contribution is -0.123. The van der Waals surface area contributed by atoms with Gasteiger partial charge in [-0.15, -0.1) is 0 Å². The lowest BCUT2D eigenvalue weighted by Crippen LogP contribution is -2.45. The van der Waals surface area contributed by atoms with Crippen molar-refractivity contribution in [1.29, 1.82) is 0 Å². The molecule has 35 heavy (non-hydrogen) atoms. The Bertz CT molecular complexity index is 466. The number of nitrogens with one attached hydrogen (secondary N) is 1. The second kappa shape index (κ2) is 27.7. The maximum absolute atomic E-state index is 12.2. The Kier molecular flexibility index (Phi) is 27.0. The smallest absolute Gasteiger partial charge is 0.220 e. The molecule has 0 spiro atoms. The van der Waals surface area contributed by atoms with Crippen LogP contribution in [0.3, 0.4) is 0 Å². The van der Waals surface area contributed by atoms with Crippen LogP contribution in [0.15, 0.2) is 12.2 Å². The van der Waals surface area contributed by atoms with Crippen molar-refractivity contribution in [3.05, 3.63) is 12.2 Å². The molecule has 0 bridgehead atoms. The molecule has 0 heterocycles. The van der Waals surface area contributed by atoms with Gasteiger partial charge in [-0.05, 0) is 38.5 Å². The molecule has 0 radical (unpaired) electrons. The van der Waals surface area contributed by atoms with E-state index in [1.165, 1.54) is 103 Å². The summed E-state index contributed by atoms with van der Waals surface area (Å²) in [6, 6.07) is -0.543. The second-order valence-corrected chi connectivity index (χ2v) is 10.5. The van der Waals surface area contributed by atoms with Gasteiger partial charge in [-0.3, -0.25) is 4.79 Å². The number of aliphatic hydroxyl groups excluding tert-OH is 2. The summed E-state index contributed by atoms with van der Waals surface area (Å²) in [5.74, 6) is -0.0464. The minimum absolute atomic E-state index is 0.0464. The fourth-order valence-electron chi connectivity index (χ4n) is 4.59. The van der Waals surface area contributed by atoms with Gasteiger partial charge in [-0.25, -0.2) is 0 Å². The predicted octanol–water partition coefficient (Wildman–Crippen LogP) is 8.39. The van der Waals surface area contributed by atoms with E-state index in [2.05, 4.69) is 31.3 Å². The third-order valence-electron chi connectivity index (χ3n) is 7.03.